The van der Waals surface area contributed by atoms with Gasteiger partial charge in [-0.2, -0.15) is 45.8 Å². The molecular weight excluding hydrogens is 949 g/mol. The molecule has 4 rings (SSSR count). The standard InChI is InChI=1S/C14H10F4N4O7S.C10H5Cl2F3N4O2.C5H12NO4P/c15-11(16)28-8-5-9(29-12(17)18)20-13(19-8)21-14(25)22-30(26,27)7-4-2-1-3-6(7)10(23)24;11-5-1-4(10(13,14)15)2-6(12)8(5)18-9(16)7(3-17-18)19(20)21;1-11(9,10)3-2-4(6)5(7)8/h1-5,11-12H,(H,23,24)(H2,19,20,21,22,25);1-3H,16H2;4H,2-3,6H2,1H3,(H,7,8)(H,9,10). The van der Waals surface area contributed by atoms with Crippen molar-refractivity contribution in [3.63, 3.8) is 0 Å². The van der Waals surface area contributed by atoms with Crippen LogP contribution in [0.25, 0.3) is 5.69 Å². The molecular formula is C29H27Cl2F7N9O13PS. The zero-order chi connectivity index (χ0) is 47.5. The molecule has 340 valence electrons. The number of aliphatic carboxylic acids is 1. The van der Waals surface area contributed by atoms with E-state index in [1.165, 1.54) is 23.5 Å². The number of nitrogens with one attached hydrogen (secondary N) is 2. The summed E-state index contributed by atoms with van der Waals surface area (Å²) in [6.45, 7) is -5.63. The maximum atomic E-state index is 12.6. The van der Waals surface area contributed by atoms with Crippen LogP contribution < -0.4 is 31.0 Å². The molecule has 2 aromatic heterocycles. The minimum atomic E-state index is -4.71. The van der Waals surface area contributed by atoms with E-state index >= 15 is 0 Å². The van der Waals surface area contributed by atoms with Crippen LogP contribution in [-0.2, 0) is 25.6 Å². The minimum Gasteiger partial charge on any atom is -0.480 e. The average molecular weight is 977 g/mol. The smallest absolute Gasteiger partial charge is 0.416 e. The van der Waals surface area contributed by atoms with E-state index in [9.17, 15) is 68.2 Å². The van der Waals surface area contributed by atoms with Crippen molar-refractivity contribution in [3.05, 3.63) is 79.9 Å². The number of carbonyl (C=O) groups is 3. The van der Waals surface area contributed by atoms with Crippen molar-refractivity contribution in [3.8, 4) is 17.4 Å². The van der Waals surface area contributed by atoms with Crippen molar-refractivity contribution in [2.75, 3.05) is 23.9 Å². The van der Waals surface area contributed by atoms with E-state index < -0.39 is 111 Å². The quantitative estimate of drug-likeness (QED) is 0.0366. The van der Waals surface area contributed by atoms with Gasteiger partial charge in [0.1, 0.15) is 22.8 Å². The first kappa shape index (κ1) is 52.1. The number of alkyl halides is 7. The van der Waals surface area contributed by atoms with Gasteiger partial charge in [0, 0.05) is 12.8 Å². The summed E-state index contributed by atoms with van der Waals surface area (Å²) in [6.07, 6.45) is -3.78. The molecule has 2 unspecified atom stereocenters. The van der Waals surface area contributed by atoms with Crippen LogP contribution >= 0.6 is 30.6 Å². The second kappa shape index (κ2) is 21.6. The highest BCUT2D eigenvalue weighted by molar-refractivity contribution is 7.90. The van der Waals surface area contributed by atoms with E-state index in [-0.39, 0.29) is 28.3 Å². The Kier molecular flexibility index (Phi) is 18.2. The molecule has 0 aliphatic heterocycles. The van der Waals surface area contributed by atoms with Crippen LogP contribution in [0.5, 0.6) is 11.8 Å². The van der Waals surface area contributed by atoms with E-state index in [0.29, 0.717) is 18.2 Å². The fraction of sp³-hybridized carbons (Fsp3) is 0.241. The molecule has 62 heavy (non-hydrogen) atoms. The number of anilines is 2. The molecule has 0 saturated carbocycles. The Morgan fingerprint density at radius 3 is 1.95 bits per heavy atom. The van der Waals surface area contributed by atoms with Gasteiger partial charge in [-0.25, -0.2) is 27.4 Å². The number of urea groups is 1. The van der Waals surface area contributed by atoms with Crippen molar-refractivity contribution in [1.29, 1.82) is 0 Å². The summed E-state index contributed by atoms with van der Waals surface area (Å²) in [7, 11) is -7.82. The van der Waals surface area contributed by atoms with Crippen LogP contribution in [0.4, 0.5) is 53.0 Å². The highest BCUT2D eigenvalue weighted by Crippen LogP contribution is 2.39. The first-order valence-electron chi connectivity index (χ1n) is 15.7. The van der Waals surface area contributed by atoms with Crippen molar-refractivity contribution in [2.24, 2.45) is 5.73 Å². The number of halogens is 9. The SMILES string of the molecule is CP(=O)(O)CCC(N)C(=O)O.Nc1c([N+](=O)[O-])cnn1-c1c(Cl)cc(C(F)(F)F)cc1Cl.O=C(Nc1nc(OC(F)F)cc(OC(F)F)n1)NS(=O)(=O)c1ccccc1C(=O)O. The first-order valence-corrected chi connectivity index (χ1v) is 20.2. The van der Waals surface area contributed by atoms with Gasteiger partial charge in [0.25, 0.3) is 10.0 Å². The summed E-state index contributed by atoms with van der Waals surface area (Å²) < 4.78 is 132. The number of carboxylic acids is 2. The predicted octanol–water partition coefficient (Wildman–Crippen LogP) is 5.26. The topological polar surface area (TPSA) is 344 Å². The summed E-state index contributed by atoms with van der Waals surface area (Å²) in [4.78, 5) is 57.6. The Morgan fingerprint density at radius 2 is 1.53 bits per heavy atom. The third kappa shape index (κ3) is 16.1. The van der Waals surface area contributed by atoms with E-state index in [0.717, 1.165) is 23.0 Å². The van der Waals surface area contributed by atoms with Gasteiger partial charge in [0.05, 0.1) is 32.2 Å². The van der Waals surface area contributed by atoms with Crippen molar-refractivity contribution >= 4 is 76.0 Å². The molecule has 0 fully saturated rings. The van der Waals surface area contributed by atoms with Crippen LogP contribution in [0.2, 0.25) is 10.0 Å². The normalized spacial score (nSPS) is 12.7. The monoisotopic (exact) mass is 975 g/mol. The summed E-state index contributed by atoms with van der Waals surface area (Å²) in [5.74, 6) is -5.99. The lowest BCUT2D eigenvalue weighted by molar-refractivity contribution is -0.383. The van der Waals surface area contributed by atoms with Crippen LogP contribution in [0.15, 0.2) is 53.6 Å². The summed E-state index contributed by atoms with van der Waals surface area (Å²) >= 11 is 11.5. The van der Waals surface area contributed by atoms with Gasteiger partial charge in [-0.05, 0) is 30.7 Å². The molecule has 33 heteroatoms. The molecule has 0 bridgehead atoms. The molecule has 0 aliphatic rings. The molecule has 2 aromatic carbocycles. The minimum absolute atomic E-state index is 0.0412. The molecule has 4 aromatic rings. The largest absolute Gasteiger partial charge is 0.480 e. The molecule has 22 nitrogen and oxygen atoms in total. The maximum Gasteiger partial charge on any atom is 0.416 e. The summed E-state index contributed by atoms with van der Waals surface area (Å²) in [6, 6.07) is 3.46. The third-order valence-electron chi connectivity index (χ3n) is 6.67. The van der Waals surface area contributed by atoms with Gasteiger partial charge in [0.2, 0.25) is 23.5 Å². The van der Waals surface area contributed by atoms with Crippen LogP contribution in [0.1, 0.15) is 22.3 Å². The molecule has 9 N–H and O–H groups in total. The lowest BCUT2D eigenvalue weighted by Gasteiger charge is -2.12. The fourth-order valence-electron chi connectivity index (χ4n) is 4.05. The van der Waals surface area contributed by atoms with Crippen LogP contribution in [0, 0.1) is 10.1 Å². The molecule has 2 heterocycles. The number of aromatic carboxylic acids is 1. The first-order chi connectivity index (χ1) is 28.4. The van der Waals surface area contributed by atoms with Crippen molar-refractivity contribution in [1.82, 2.24) is 24.5 Å². The Morgan fingerprint density at radius 1 is 1.02 bits per heavy atom. The summed E-state index contributed by atoms with van der Waals surface area (Å²) in [5, 5.41) is 32.5. The van der Waals surface area contributed by atoms with Crippen LogP contribution in [0.3, 0.4) is 0 Å². The highest BCUT2D eigenvalue weighted by atomic mass is 35.5. The summed E-state index contributed by atoms with van der Waals surface area (Å²) in [5.41, 5.74) is 8.23. The number of ether oxygens (including phenoxy) is 2. The van der Waals surface area contributed by atoms with Crippen molar-refractivity contribution in [2.45, 2.75) is 36.8 Å². The molecule has 2 atom stereocenters. The van der Waals surface area contributed by atoms with Gasteiger partial charge >= 0.3 is 43.1 Å². The maximum absolute atomic E-state index is 12.6. The lowest BCUT2D eigenvalue weighted by Crippen LogP contribution is -2.35. The number of rotatable bonds is 14. The number of nitrogen functional groups attached to an aromatic ring is 1. The van der Waals surface area contributed by atoms with Gasteiger partial charge in [-0.15, -0.1) is 0 Å². The lowest BCUT2D eigenvalue weighted by atomic mass is 10.2. The van der Waals surface area contributed by atoms with E-state index in [1.807, 2.05) is 0 Å². The zero-order valence-electron chi connectivity index (χ0n) is 30.3. The van der Waals surface area contributed by atoms with E-state index in [1.54, 1.807) is 5.32 Å². The number of carbonyl (C=O) groups excluding carboxylic acids is 1. The molecule has 0 saturated heterocycles. The Balaban J connectivity index is 0.000000357. The van der Waals surface area contributed by atoms with Gasteiger partial charge < -0.3 is 36.0 Å². The Labute approximate surface area is 351 Å². The zero-order valence-corrected chi connectivity index (χ0v) is 33.6. The Bertz CT molecular complexity index is 2400. The van der Waals surface area contributed by atoms with Gasteiger partial charge in [0.15, 0.2) is 7.37 Å². The Hall–Kier alpha value is -6.07. The number of hydrogen-bond acceptors (Lipinski definition) is 15. The number of sulfonamides is 1. The molecule has 0 spiro atoms. The highest BCUT2D eigenvalue weighted by Gasteiger charge is 2.33. The molecule has 0 aliphatic carbocycles. The van der Waals surface area contributed by atoms with Crippen molar-refractivity contribution < 1.29 is 87.6 Å². The molecule has 0 radical (unpaired) electrons. The number of aromatic nitrogens is 4. The van der Waals surface area contributed by atoms with Gasteiger partial charge in [-0.1, -0.05) is 35.3 Å². The number of nitrogens with two attached hydrogens (primary N) is 2. The number of benzene rings is 2. The van der Waals surface area contributed by atoms with E-state index in [4.69, 9.17) is 49.8 Å². The second-order valence-electron chi connectivity index (χ2n) is 11.4. The molecule has 2 amide bonds. The van der Waals surface area contributed by atoms with E-state index in [2.05, 4.69) is 24.5 Å². The third-order valence-corrected chi connectivity index (χ3v) is 9.72. The number of nitrogens with zero attached hydrogens (tertiary/aromatic N) is 5. The second-order valence-corrected chi connectivity index (χ2v) is 16.4. The number of nitro groups is 1. The fourth-order valence-corrected chi connectivity index (χ4v) is 6.56. The number of carboxylic acid groups (broad SMARTS) is 2. The van der Waals surface area contributed by atoms with Gasteiger partial charge in [-0.3, -0.25) is 24.8 Å². The van der Waals surface area contributed by atoms with Crippen LogP contribution in [-0.4, -0.2) is 98.3 Å². The predicted molar refractivity (Wildman–Crippen MR) is 199 cm³/mol. The number of amides is 2. The average Bonchev–Trinajstić information content (AvgIpc) is 3.49. The number of hydrogen-bond donors (Lipinski definition) is 7.